The molecule has 2 rings (SSSR count). The van der Waals surface area contributed by atoms with Gasteiger partial charge in [-0.3, -0.25) is 4.55 Å². The van der Waals surface area contributed by atoms with Crippen molar-refractivity contribution in [3.05, 3.63) is 36.9 Å². The van der Waals surface area contributed by atoms with E-state index in [-0.39, 0.29) is 6.61 Å². The zero-order chi connectivity index (χ0) is 14.1. The van der Waals surface area contributed by atoms with Crippen LogP contribution in [0.15, 0.2) is 36.9 Å². The van der Waals surface area contributed by atoms with Crippen LogP contribution in [-0.2, 0) is 14.6 Å². The van der Waals surface area contributed by atoms with Crippen LogP contribution >= 0.6 is 0 Å². The maximum absolute atomic E-state index is 9.56. The highest BCUT2D eigenvalue weighted by Crippen LogP contribution is 2.08. The fourth-order valence-electron chi connectivity index (χ4n) is 1.02. The molecule has 0 aliphatic carbocycles. The summed E-state index contributed by atoms with van der Waals surface area (Å²) in [6, 6.07) is 3.60. The lowest BCUT2D eigenvalue weighted by Gasteiger charge is -1.94. The van der Waals surface area contributed by atoms with Crippen LogP contribution in [0.5, 0.6) is 0 Å². The van der Waals surface area contributed by atoms with E-state index in [2.05, 4.69) is 24.3 Å². The molecule has 0 fully saturated rings. The topological polar surface area (TPSA) is 115 Å². The maximum atomic E-state index is 9.56. The van der Waals surface area contributed by atoms with Crippen molar-refractivity contribution in [1.82, 2.24) is 20.2 Å². The highest BCUT2D eigenvalue weighted by atomic mass is 32.3. The standard InChI is InChI=1S/C8H6N4.C2H6O4S/c1-3-9-8(10-4-1)7-2-5-11-12-6-7;1-2-6-7(3,4)5/h1-6H;2H2,1H3,(H,3,4,5). The molecule has 2 aromatic rings. The van der Waals surface area contributed by atoms with Crippen LogP contribution in [0.25, 0.3) is 11.4 Å². The highest BCUT2D eigenvalue weighted by Gasteiger charge is 1.98. The average Bonchev–Trinajstić information content (AvgIpc) is 2.40. The van der Waals surface area contributed by atoms with Gasteiger partial charge in [0.25, 0.3) is 0 Å². The van der Waals surface area contributed by atoms with Crippen LogP contribution in [0, 0.1) is 0 Å². The number of nitrogens with zero attached hydrogens (tertiary/aromatic N) is 4. The lowest BCUT2D eigenvalue weighted by Crippen LogP contribution is -2.01. The number of hydrogen-bond donors (Lipinski definition) is 1. The van der Waals surface area contributed by atoms with Gasteiger partial charge in [-0.2, -0.15) is 18.6 Å². The summed E-state index contributed by atoms with van der Waals surface area (Å²) in [6.45, 7) is 1.44. The van der Waals surface area contributed by atoms with E-state index in [1.807, 2.05) is 6.07 Å². The van der Waals surface area contributed by atoms with Crippen molar-refractivity contribution in [3.63, 3.8) is 0 Å². The summed E-state index contributed by atoms with van der Waals surface area (Å²) in [5, 5.41) is 7.40. The zero-order valence-corrected chi connectivity index (χ0v) is 10.9. The molecule has 0 spiro atoms. The molecule has 1 N–H and O–H groups in total. The molecular weight excluding hydrogens is 272 g/mol. The Morgan fingerprint density at radius 1 is 1.21 bits per heavy atom. The summed E-state index contributed by atoms with van der Waals surface area (Å²) < 4.78 is 30.7. The third-order valence-corrected chi connectivity index (χ3v) is 2.21. The van der Waals surface area contributed by atoms with Gasteiger partial charge in [0.15, 0.2) is 5.82 Å². The molecule has 102 valence electrons. The summed E-state index contributed by atoms with van der Waals surface area (Å²) in [7, 11) is -4.17. The molecule has 9 heteroatoms. The summed E-state index contributed by atoms with van der Waals surface area (Å²) in [5.74, 6) is 0.674. The van der Waals surface area contributed by atoms with Gasteiger partial charge >= 0.3 is 10.4 Å². The van der Waals surface area contributed by atoms with Gasteiger partial charge in [0.2, 0.25) is 0 Å². The Morgan fingerprint density at radius 3 is 2.32 bits per heavy atom. The Labute approximate surface area is 110 Å². The fraction of sp³-hybridized carbons (Fsp3) is 0.200. The first kappa shape index (κ1) is 15.1. The first-order valence-electron chi connectivity index (χ1n) is 5.19. The Morgan fingerprint density at radius 2 is 1.89 bits per heavy atom. The van der Waals surface area contributed by atoms with Gasteiger partial charge in [0.05, 0.1) is 19.0 Å². The zero-order valence-electron chi connectivity index (χ0n) is 10.0. The second-order valence-electron chi connectivity index (χ2n) is 3.04. The summed E-state index contributed by atoms with van der Waals surface area (Å²) in [6.07, 6.45) is 6.65. The first-order chi connectivity index (χ1) is 9.03. The van der Waals surface area contributed by atoms with Crippen LogP contribution < -0.4 is 0 Å². The van der Waals surface area contributed by atoms with Gasteiger partial charge in [0, 0.05) is 18.0 Å². The quantitative estimate of drug-likeness (QED) is 0.821. The van der Waals surface area contributed by atoms with Gasteiger partial charge in [0.1, 0.15) is 0 Å². The Bertz CT molecular complexity index is 539. The second-order valence-corrected chi connectivity index (χ2v) is 4.13. The van der Waals surface area contributed by atoms with Crippen LogP contribution in [0.4, 0.5) is 0 Å². The molecule has 0 aliphatic heterocycles. The van der Waals surface area contributed by atoms with Crippen molar-refractivity contribution in [3.8, 4) is 11.4 Å². The van der Waals surface area contributed by atoms with Gasteiger partial charge in [-0.25, -0.2) is 14.2 Å². The molecule has 0 saturated heterocycles. The van der Waals surface area contributed by atoms with Crippen molar-refractivity contribution in [2.24, 2.45) is 0 Å². The van der Waals surface area contributed by atoms with Gasteiger partial charge in [-0.05, 0) is 19.1 Å². The SMILES string of the molecule is CCOS(=O)(=O)O.c1cnc(-c2ccnnc2)nc1. The van der Waals surface area contributed by atoms with E-state index in [0.29, 0.717) is 5.82 Å². The van der Waals surface area contributed by atoms with Crippen molar-refractivity contribution in [1.29, 1.82) is 0 Å². The Hall–Kier alpha value is -1.97. The molecule has 0 radical (unpaired) electrons. The largest absolute Gasteiger partial charge is 0.397 e. The normalized spacial score (nSPS) is 10.4. The summed E-state index contributed by atoms with van der Waals surface area (Å²) in [5.41, 5.74) is 0.880. The van der Waals surface area contributed by atoms with Crippen LogP contribution in [0.2, 0.25) is 0 Å². The minimum atomic E-state index is -4.17. The second kappa shape index (κ2) is 7.46. The maximum Gasteiger partial charge on any atom is 0.397 e. The number of rotatable bonds is 3. The lowest BCUT2D eigenvalue weighted by atomic mass is 10.3. The van der Waals surface area contributed by atoms with Crippen molar-refractivity contribution >= 4 is 10.4 Å². The molecule has 0 unspecified atom stereocenters. The Balaban J connectivity index is 0.000000224. The third-order valence-electron chi connectivity index (χ3n) is 1.68. The molecule has 2 heterocycles. The monoisotopic (exact) mass is 284 g/mol. The highest BCUT2D eigenvalue weighted by molar-refractivity contribution is 7.80. The van der Waals surface area contributed by atoms with E-state index in [4.69, 9.17) is 4.55 Å². The average molecular weight is 284 g/mol. The van der Waals surface area contributed by atoms with Crippen molar-refractivity contribution in [2.75, 3.05) is 6.61 Å². The van der Waals surface area contributed by atoms with E-state index in [1.54, 1.807) is 30.9 Å². The fourth-order valence-corrected chi connectivity index (χ4v) is 1.32. The van der Waals surface area contributed by atoms with E-state index in [9.17, 15) is 8.42 Å². The van der Waals surface area contributed by atoms with E-state index in [1.165, 1.54) is 6.92 Å². The van der Waals surface area contributed by atoms with Crippen LogP contribution in [-0.4, -0.2) is 39.7 Å². The number of aromatic nitrogens is 4. The minimum absolute atomic E-state index is 0.0289. The molecule has 0 aromatic carbocycles. The van der Waals surface area contributed by atoms with E-state index in [0.717, 1.165) is 5.56 Å². The van der Waals surface area contributed by atoms with Crippen molar-refractivity contribution in [2.45, 2.75) is 6.92 Å². The summed E-state index contributed by atoms with van der Waals surface area (Å²) >= 11 is 0. The minimum Gasteiger partial charge on any atom is -0.264 e. The number of hydrogen-bond acceptors (Lipinski definition) is 7. The molecule has 0 aliphatic rings. The Kier molecular flexibility index (Phi) is 5.93. The predicted octanol–water partition coefficient (Wildman–Crippen LogP) is 0.759. The van der Waals surface area contributed by atoms with Crippen LogP contribution in [0.3, 0.4) is 0 Å². The third kappa shape index (κ3) is 6.50. The smallest absolute Gasteiger partial charge is 0.264 e. The van der Waals surface area contributed by atoms with Gasteiger partial charge in [-0.1, -0.05) is 0 Å². The molecular formula is C10H12N4O4S. The molecule has 19 heavy (non-hydrogen) atoms. The molecule has 0 amide bonds. The van der Waals surface area contributed by atoms with Gasteiger partial charge < -0.3 is 0 Å². The van der Waals surface area contributed by atoms with Crippen LogP contribution in [0.1, 0.15) is 6.92 Å². The molecule has 8 nitrogen and oxygen atoms in total. The lowest BCUT2D eigenvalue weighted by molar-refractivity contribution is 0.283. The predicted molar refractivity (Wildman–Crippen MR) is 66.2 cm³/mol. The van der Waals surface area contributed by atoms with E-state index < -0.39 is 10.4 Å². The molecule has 0 bridgehead atoms. The van der Waals surface area contributed by atoms with Crippen molar-refractivity contribution < 1.29 is 17.2 Å². The summed E-state index contributed by atoms with van der Waals surface area (Å²) in [4.78, 5) is 8.14. The molecule has 2 aromatic heterocycles. The first-order valence-corrected chi connectivity index (χ1v) is 6.55. The van der Waals surface area contributed by atoms with E-state index >= 15 is 0 Å². The molecule has 0 saturated carbocycles. The molecule has 0 atom stereocenters. The van der Waals surface area contributed by atoms with Gasteiger partial charge in [-0.15, -0.1) is 0 Å².